The predicted molar refractivity (Wildman–Crippen MR) is 66.4 cm³/mol. The van der Waals surface area contributed by atoms with Gasteiger partial charge in [-0.3, -0.25) is 0 Å². The summed E-state index contributed by atoms with van der Waals surface area (Å²) < 4.78 is 12.9. The van der Waals surface area contributed by atoms with Crippen LogP contribution in [0.5, 0.6) is 0 Å². The van der Waals surface area contributed by atoms with Gasteiger partial charge in [-0.05, 0) is 24.7 Å². The van der Waals surface area contributed by atoms with Crippen molar-refractivity contribution in [2.45, 2.75) is 13.5 Å². The molecule has 0 amide bonds. The van der Waals surface area contributed by atoms with Crippen LogP contribution in [0.25, 0.3) is 11.4 Å². The average molecular weight is 254 g/mol. The number of halogens is 2. The van der Waals surface area contributed by atoms with E-state index in [1.54, 1.807) is 12.3 Å². The van der Waals surface area contributed by atoms with Gasteiger partial charge < -0.3 is 10.3 Å². The van der Waals surface area contributed by atoms with Crippen LogP contribution in [0.15, 0.2) is 24.4 Å². The average Bonchev–Trinajstić information content (AvgIpc) is 2.75. The highest BCUT2D eigenvalue weighted by atomic mass is 35.5. The number of benzene rings is 1. The van der Waals surface area contributed by atoms with Crippen LogP contribution in [0.3, 0.4) is 0 Å². The van der Waals surface area contributed by atoms with E-state index in [9.17, 15) is 4.39 Å². The largest absolute Gasteiger partial charge is 0.341 e. The molecular formula is C12H13ClFN3. The highest BCUT2D eigenvalue weighted by Gasteiger charge is 2.08. The van der Waals surface area contributed by atoms with Crippen LogP contribution in [0.4, 0.5) is 4.39 Å². The van der Waals surface area contributed by atoms with Gasteiger partial charge in [-0.1, -0.05) is 18.5 Å². The van der Waals surface area contributed by atoms with E-state index in [4.69, 9.17) is 11.6 Å². The van der Waals surface area contributed by atoms with Gasteiger partial charge in [0.15, 0.2) is 0 Å². The first-order chi connectivity index (χ1) is 8.20. The van der Waals surface area contributed by atoms with Crippen molar-refractivity contribution in [1.82, 2.24) is 15.3 Å². The number of hydrogen-bond acceptors (Lipinski definition) is 2. The highest BCUT2D eigenvalue weighted by molar-refractivity contribution is 6.33. The molecule has 2 rings (SSSR count). The minimum Gasteiger partial charge on any atom is -0.341 e. The standard InChI is InChI=1S/C12H13ClFN3/c1-2-15-6-9-7-16-12(17-9)10-4-3-8(14)5-11(10)13/h3-5,7,15H,2,6H2,1H3,(H,16,17). The molecule has 0 aliphatic rings. The Hall–Kier alpha value is -1.39. The van der Waals surface area contributed by atoms with Gasteiger partial charge in [-0.2, -0.15) is 0 Å². The summed E-state index contributed by atoms with van der Waals surface area (Å²) in [6.07, 6.45) is 1.75. The van der Waals surface area contributed by atoms with Crippen molar-refractivity contribution in [3.8, 4) is 11.4 Å². The number of nitrogens with one attached hydrogen (secondary N) is 2. The maximum atomic E-state index is 12.9. The van der Waals surface area contributed by atoms with Gasteiger partial charge in [-0.15, -0.1) is 0 Å². The van der Waals surface area contributed by atoms with Gasteiger partial charge in [0.25, 0.3) is 0 Å². The van der Waals surface area contributed by atoms with Crippen molar-refractivity contribution in [2.75, 3.05) is 6.54 Å². The molecule has 1 aromatic carbocycles. The summed E-state index contributed by atoms with van der Waals surface area (Å²) in [7, 11) is 0. The second-order valence-electron chi connectivity index (χ2n) is 3.66. The molecule has 1 aromatic heterocycles. The molecule has 0 unspecified atom stereocenters. The molecule has 0 radical (unpaired) electrons. The molecule has 0 saturated heterocycles. The Kier molecular flexibility index (Phi) is 3.76. The molecule has 0 aliphatic heterocycles. The SMILES string of the molecule is CCNCc1cnc(-c2ccc(F)cc2Cl)[nH]1. The third kappa shape index (κ3) is 2.84. The third-order valence-corrected chi connectivity index (χ3v) is 2.69. The molecule has 0 aliphatic carbocycles. The van der Waals surface area contributed by atoms with Crippen LogP contribution in [-0.2, 0) is 6.54 Å². The zero-order chi connectivity index (χ0) is 12.3. The summed E-state index contributed by atoms with van der Waals surface area (Å²) in [6, 6.07) is 4.27. The quantitative estimate of drug-likeness (QED) is 0.880. The van der Waals surface area contributed by atoms with E-state index in [-0.39, 0.29) is 5.82 Å². The van der Waals surface area contributed by atoms with E-state index in [0.29, 0.717) is 16.4 Å². The van der Waals surface area contributed by atoms with Gasteiger partial charge in [0, 0.05) is 24.0 Å². The van der Waals surface area contributed by atoms with Crippen molar-refractivity contribution in [3.05, 3.63) is 40.9 Å². The Labute approximate surface area is 104 Å². The van der Waals surface area contributed by atoms with E-state index in [1.165, 1.54) is 12.1 Å². The zero-order valence-electron chi connectivity index (χ0n) is 9.43. The summed E-state index contributed by atoms with van der Waals surface area (Å²) in [5, 5.41) is 3.54. The molecule has 2 aromatic rings. The zero-order valence-corrected chi connectivity index (χ0v) is 10.2. The highest BCUT2D eigenvalue weighted by Crippen LogP contribution is 2.26. The van der Waals surface area contributed by atoms with Crippen molar-refractivity contribution < 1.29 is 4.39 Å². The Morgan fingerprint density at radius 2 is 2.29 bits per heavy atom. The fraction of sp³-hybridized carbons (Fsp3) is 0.250. The van der Waals surface area contributed by atoms with Crippen molar-refractivity contribution in [1.29, 1.82) is 0 Å². The van der Waals surface area contributed by atoms with Crippen LogP contribution in [0, 0.1) is 5.82 Å². The van der Waals surface area contributed by atoms with Crippen LogP contribution in [0.2, 0.25) is 5.02 Å². The van der Waals surface area contributed by atoms with Gasteiger partial charge in [-0.25, -0.2) is 9.37 Å². The summed E-state index contributed by atoms with van der Waals surface area (Å²) in [4.78, 5) is 7.37. The number of rotatable bonds is 4. The molecule has 0 atom stereocenters. The first-order valence-electron chi connectivity index (χ1n) is 5.40. The topological polar surface area (TPSA) is 40.7 Å². The second kappa shape index (κ2) is 5.29. The molecule has 2 N–H and O–H groups in total. The van der Waals surface area contributed by atoms with Crippen molar-refractivity contribution in [3.63, 3.8) is 0 Å². The monoisotopic (exact) mass is 253 g/mol. The molecule has 1 heterocycles. The maximum Gasteiger partial charge on any atom is 0.139 e. The predicted octanol–water partition coefficient (Wildman–Crippen LogP) is 2.98. The second-order valence-corrected chi connectivity index (χ2v) is 4.07. The van der Waals surface area contributed by atoms with Crippen LogP contribution >= 0.6 is 11.6 Å². The molecule has 3 nitrogen and oxygen atoms in total. The lowest BCUT2D eigenvalue weighted by Gasteiger charge is -2.01. The number of hydrogen-bond donors (Lipinski definition) is 2. The third-order valence-electron chi connectivity index (χ3n) is 2.38. The molecule has 17 heavy (non-hydrogen) atoms. The van der Waals surface area contributed by atoms with Gasteiger partial charge in [0.05, 0.1) is 5.02 Å². The Morgan fingerprint density at radius 1 is 1.47 bits per heavy atom. The maximum absolute atomic E-state index is 12.9. The molecule has 5 heteroatoms. The molecule has 90 valence electrons. The number of aromatic amines is 1. The fourth-order valence-corrected chi connectivity index (χ4v) is 1.78. The lowest BCUT2D eigenvalue weighted by Crippen LogP contribution is -2.11. The summed E-state index contributed by atoms with van der Waals surface area (Å²) in [5.41, 5.74) is 1.68. The van der Waals surface area contributed by atoms with Gasteiger partial charge >= 0.3 is 0 Å². The number of imidazole rings is 1. The first kappa shape index (κ1) is 12.1. The van der Waals surface area contributed by atoms with Crippen molar-refractivity contribution in [2.24, 2.45) is 0 Å². The Bertz CT molecular complexity index is 510. The summed E-state index contributed by atoms with van der Waals surface area (Å²) in [6.45, 7) is 3.65. The molecule has 0 spiro atoms. The van der Waals surface area contributed by atoms with Crippen LogP contribution in [0.1, 0.15) is 12.6 Å². The van der Waals surface area contributed by atoms with E-state index < -0.39 is 0 Å². The van der Waals surface area contributed by atoms with Crippen LogP contribution in [-0.4, -0.2) is 16.5 Å². The Balaban J connectivity index is 2.24. The van der Waals surface area contributed by atoms with E-state index in [1.807, 2.05) is 6.92 Å². The van der Waals surface area contributed by atoms with Gasteiger partial charge in [0.2, 0.25) is 0 Å². The van der Waals surface area contributed by atoms with Crippen molar-refractivity contribution >= 4 is 11.6 Å². The number of H-pyrrole nitrogens is 1. The molecule has 0 bridgehead atoms. The number of aromatic nitrogens is 2. The van der Waals surface area contributed by atoms with E-state index in [2.05, 4.69) is 15.3 Å². The first-order valence-corrected chi connectivity index (χ1v) is 5.78. The van der Waals surface area contributed by atoms with Gasteiger partial charge in [0.1, 0.15) is 11.6 Å². The molecule has 0 saturated carbocycles. The Morgan fingerprint density at radius 3 is 3.00 bits per heavy atom. The molecule has 0 fully saturated rings. The molecular weight excluding hydrogens is 241 g/mol. The lowest BCUT2D eigenvalue weighted by molar-refractivity contribution is 0.628. The minimum absolute atomic E-state index is 0.349. The fourth-order valence-electron chi connectivity index (χ4n) is 1.53. The minimum atomic E-state index is -0.349. The lowest BCUT2D eigenvalue weighted by atomic mass is 10.2. The number of nitrogens with zero attached hydrogens (tertiary/aromatic N) is 1. The van der Waals surface area contributed by atoms with E-state index in [0.717, 1.165) is 18.8 Å². The van der Waals surface area contributed by atoms with Crippen LogP contribution < -0.4 is 5.32 Å². The smallest absolute Gasteiger partial charge is 0.139 e. The summed E-state index contributed by atoms with van der Waals surface area (Å²) >= 11 is 5.96. The van der Waals surface area contributed by atoms with E-state index >= 15 is 0 Å². The summed E-state index contributed by atoms with van der Waals surface area (Å²) in [5.74, 6) is 0.307. The normalized spacial score (nSPS) is 10.8.